The van der Waals surface area contributed by atoms with Crippen molar-refractivity contribution in [2.45, 2.75) is 19.4 Å². The van der Waals surface area contributed by atoms with Gasteiger partial charge in [0.2, 0.25) is 5.88 Å². The van der Waals surface area contributed by atoms with E-state index in [0.717, 1.165) is 11.3 Å². The number of nitrogens with zero attached hydrogens (tertiary/aromatic N) is 1. The molecule has 1 aliphatic heterocycles. The van der Waals surface area contributed by atoms with Crippen molar-refractivity contribution in [2.24, 2.45) is 5.73 Å². The normalized spacial score (nSPS) is 15.5. The Morgan fingerprint density at radius 2 is 1.78 bits per heavy atom. The van der Waals surface area contributed by atoms with Crippen LogP contribution in [0.15, 0.2) is 65.3 Å². The molecule has 3 rings (SSSR count). The van der Waals surface area contributed by atoms with Crippen molar-refractivity contribution in [3.8, 4) is 23.3 Å². The van der Waals surface area contributed by atoms with Crippen molar-refractivity contribution in [3.05, 3.63) is 76.4 Å². The van der Waals surface area contributed by atoms with Crippen molar-refractivity contribution in [3.63, 3.8) is 0 Å². The molecule has 0 unspecified atom stereocenters. The molecule has 0 aromatic heterocycles. The summed E-state index contributed by atoms with van der Waals surface area (Å²) in [5.41, 5.74) is 7.69. The molecule has 1 aliphatic rings. The number of hydrogen-bond donors (Lipinski definition) is 1. The minimum atomic E-state index is -0.744. The number of nitrogens with two attached hydrogens (primary N) is 1. The maximum Gasteiger partial charge on any atom is 0.338 e. The van der Waals surface area contributed by atoms with Crippen LogP contribution >= 0.6 is 0 Å². The van der Waals surface area contributed by atoms with Crippen LogP contribution in [0, 0.1) is 11.3 Å². The van der Waals surface area contributed by atoms with Crippen LogP contribution in [-0.2, 0) is 20.9 Å². The van der Waals surface area contributed by atoms with E-state index in [1.165, 1.54) is 14.2 Å². The number of carbonyl (C=O) groups is 1. The fraction of sp³-hybridized carbons (Fsp3) is 0.250. The van der Waals surface area contributed by atoms with Gasteiger partial charge in [0.1, 0.15) is 41.3 Å². The summed E-state index contributed by atoms with van der Waals surface area (Å²) >= 11 is 0. The van der Waals surface area contributed by atoms with Crippen molar-refractivity contribution in [2.75, 3.05) is 21.3 Å². The fourth-order valence-electron chi connectivity index (χ4n) is 3.48. The number of carbonyl (C=O) groups excluding carboxylic acids is 1. The topological polar surface area (TPSA) is 113 Å². The smallest absolute Gasteiger partial charge is 0.338 e. The SMILES string of the molecule is COC(=O)C1=C(C)OC(N)=C(C#N)[C@H]1c1ccc(COc2ccc(OC)cc2)c(OC)c1. The Labute approximate surface area is 186 Å². The summed E-state index contributed by atoms with van der Waals surface area (Å²) in [5.74, 6) is 0.847. The van der Waals surface area contributed by atoms with Gasteiger partial charge in [-0.1, -0.05) is 12.1 Å². The van der Waals surface area contributed by atoms with E-state index < -0.39 is 11.9 Å². The predicted molar refractivity (Wildman–Crippen MR) is 116 cm³/mol. The Balaban J connectivity index is 1.94. The predicted octanol–water partition coefficient (Wildman–Crippen LogP) is 3.54. The molecule has 1 heterocycles. The standard InChI is InChI=1S/C24H24N2O6/c1-14-21(24(27)30-4)22(19(12-25)23(26)32-14)15-5-6-16(20(11-15)29-3)13-31-18-9-7-17(28-2)8-10-18/h5-11,22H,13,26H2,1-4H3/t22-/m1/s1. The Morgan fingerprint density at radius 3 is 2.38 bits per heavy atom. The maximum absolute atomic E-state index is 12.5. The molecule has 2 N–H and O–H groups in total. The van der Waals surface area contributed by atoms with E-state index in [1.807, 2.05) is 30.3 Å². The number of rotatable bonds is 7. The van der Waals surface area contributed by atoms with E-state index in [-0.39, 0.29) is 29.4 Å². The minimum absolute atomic E-state index is 0.0477. The summed E-state index contributed by atoms with van der Waals surface area (Å²) in [6.07, 6.45) is 0. The molecule has 8 nitrogen and oxygen atoms in total. The first-order chi connectivity index (χ1) is 15.4. The van der Waals surface area contributed by atoms with Crippen LogP contribution in [0.2, 0.25) is 0 Å². The summed E-state index contributed by atoms with van der Waals surface area (Å²) in [5, 5.41) is 9.68. The summed E-state index contributed by atoms with van der Waals surface area (Å²) in [4.78, 5) is 12.5. The highest BCUT2D eigenvalue weighted by Crippen LogP contribution is 2.41. The number of methoxy groups -OCH3 is 3. The van der Waals surface area contributed by atoms with Crippen molar-refractivity contribution < 1.29 is 28.5 Å². The molecule has 0 saturated heterocycles. The van der Waals surface area contributed by atoms with Gasteiger partial charge < -0.3 is 29.4 Å². The van der Waals surface area contributed by atoms with Crippen LogP contribution in [0.4, 0.5) is 0 Å². The molecule has 166 valence electrons. The molecule has 0 fully saturated rings. The summed E-state index contributed by atoms with van der Waals surface area (Å²) in [6.45, 7) is 1.86. The van der Waals surface area contributed by atoms with Gasteiger partial charge in [0.15, 0.2) is 0 Å². The number of nitriles is 1. The van der Waals surface area contributed by atoms with E-state index in [4.69, 9.17) is 29.4 Å². The maximum atomic E-state index is 12.5. The lowest BCUT2D eigenvalue weighted by Gasteiger charge is -2.27. The molecule has 2 aromatic carbocycles. The Hall–Kier alpha value is -4.12. The lowest BCUT2D eigenvalue weighted by Crippen LogP contribution is -2.25. The Bertz CT molecular complexity index is 1110. The molecule has 2 aromatic rings. The average Bonchev–Trinajstić information content (AvgIpc) is 2.82. The first-order valence-corrected chi connectivity index (χ1v) is 9.73. The fourth-order valence-corrected chi connectivity index (χ4v) is 3.48. The van der Waals surface area contributed by atoms with E-state index in [0.29, 0.717) is 17.1 Å². The lowest BCUT2D eigenvalue weighted by atomic mass is 9.82. The van der Waals surface area contributed by atoms with Crippen LogP contribution < -0.4 is 19.9 Å². The Kier molecular flexibility index (Phi) is 6.90. The van der Waals surface area contributed by atoms with E-state index in [2.05, 4.69) is 6.07 Å². The lowest BCUT2D eigenvalue weighted by molar-refractivity contribution is -0.136. The number of benzene rings is 2. The second-order valence-corrected chi connectivity index (χ2v) is 6.92. The van der Waals surface area contributed by atoms with Gasteiger partial charge in [0, 0.05) is 5.56 Å². The number of ether oxygens (including phenoxy) is 5. The second-order valence-electron chi connectivity index (χ2n) is 6.92. The molecular formula is C24H24N2O6. The molecule has 32 heavy (non-hydrogen) atoms. The monoisotopic (exact) mass is 436 g/mol. The number of hydrogen-bond acceptors (Lipinski definition) is 8. The number of allylic oxidation sites excluding steroid dienone is 2. The first kappa shape index (κ1) is 22.6. The van der Waals surface area contributed by atoms with E-state index >= 15 is 0 Å². The van der Waals surface area contributed by atoms with Crippen molar-refractivity contribution in [1.82, 2.24) is 0 Å². The quantitative estimate of drug-likeness (QED) is 0.656. The van der Waals surface area contributed by atoms with Crippen molar-refractivity contribution in [1.29, 1.82) is 5.26 Å². The van der Waals surface area contributed by atoms with Gasteiger partial charge in [-0.2, -0.15) is 5.26 Å². The molecule has 0 radical (unpaired) electrons. The van der Waals surface area contributed by atoms with Gasteiger partial charge in [0.25, 0.3) is 0 Å². The summed E-state index contributed by atoms with van der Waals surface area (Å²) in [6, 6.07) is 14.7. The third kappa shape index (κ3) is 4.47. The van der Waals surface area contributed by atoms with Crippen LogP contribution in [0.25, 0.3) is 0 Å². The third-order valence-electron chi connectivity index (χ3n) is 5.11. The molecule has 0 spiro atoms. The molecule has 0 aliphatic carbocycles. The van der Waals surface area contributed by atoms with Crippen LogP contribution in [0.1, 0.15) is 24.0 Å². The highest BCUT2D eigenvalue weighted by Gasteiger charge is 2.36. The summed E-state index contributed by atoms with van der Waals surface area (Å²) < 4.78 is 26.9. The molecule has 8 heteroatoms. The minimum Gasteiger partial charge on any atom is -0.497 e. The van der Waals surface area contributed by atoms with Gasteiger partial charge in [0.05, 0.1) is 32.8 Å². The second kappa shape index (κ2) is 9.79. The average molecular weight is 436 g/mol. The Morgan fingerprint density at radius 1 is 1.09 bits per heavy atom. The van der Waals surface area contributed by atoms with Crippen LogP contribution in [0.5, 0.6) is 17.2 Å². The largest absolute Gasteiger partial charge is 0.497 e. The third-order valence-corrected chi connectivity index (χ3v) is 5.11. The zero-order valence-corrected chi connectivity index (χ0v) is 18.3. The molecule has 0 saturated carbocycles. The highest BCUT2D eigenvalue weighted by atomic mass is 16.5. The highest BCUT2D eigenvalue weighted by molar-refractivity contribution is 5.92. The zero-order valence-electron chi connectivity index (χ0n) is 18.3. The molecular weight excluding hydrogens is 412 g/mol. The van der Waals surface area contributed by atoms with Gasteiger partial charge in [-0.25, -0.2) is 4.79 Å². The van der Waals surface area contributed by atoms with Gasteiger partial charge in [-0.15, -0.1) is 0 Å². The zero-order chi connectivity index (χ0) is 23.3. The van der Waals surface area contributed by atoms with Gasteiger partial charge in [-0.05, 0) is 42.8 Å². The van der Waals surface area contributed by atoms with Gasteiger partial charge in [-0.3, -0.25) is 0 Å². The van der Waals surface area contributed by atoms with Gasteiger partial charge >= 0.3 is 5.97 Å². The molecule has 0 bridgehead atoms. The number of esters is 1. The van der Waals surface area contributed by atoms with Crippen LogP contribution in [0.3, 0.4) is 0 Å². The van der Waals surface area contributed by atoms with Crippen molar-refractivity contribution >= 4 is 5.97 Å². The van der Waals surface area contributed by atoms with E-state index in [1.54, 1.807) is 26.2 Å². The molecule has 0 amide bonds. The first-order valence-electron chi connectivity index (χ1n) is 9.73. The summed E-state index contributed by atoms with van der Waals surface area (Å²) in [7, 11) is 4.41. The molecule has 1 atom stereocenters. The van der Waals surface area contributed by atoms with E-state index in [9.17, 15) is 10.1 Å². The van der Waals surface area contributed by atoms with Crippen LogP contribution in [-0.4, -0.2) is 27.3 Å².